The van der Waals surface area contributed by atoms with Gasteiger partial charge in [0, 0.05) is 6.08 Å². The van der Waals surface area contributed by atoms with Crippen molar-refractivity contribution in [2.75, 3.05) is 0 Å². The predicted molar refractivity (Wildman–Crippen MR) is 62.8 cm³/mol. The zero-order valence-electron chi connectivity index (χ0n) is 8.31. The molecule has 0 amide bonds. The van der Waals surface area contributed by atoms with Crippen LogP contribution < -0.4 is 0 Å². The second kappa shape index (κ2) is 4.88. The fourth-order valence-electron chi connectivity index (χ4n) is 0.754. The van der Waals surface area contributed by atoms with E-state index in [1.54, 1.807) is 6.92 Å². The van der Waals surface area contributed by atoms with Crippen LogP contribution in [0.15, 0.2) is 12.7 Å². The normalized spacial score (nSPS) is 16.2. The van der Waals surface area contributed by atoms with E-state index in [2.05, 4.69) is 6.58 Å². The molecule has 0 heterocycles. The van der Waals surface area contributed by atoms with Gasteiger partial charge in [-0.05, 0) is 12.8 Å². The third kappa shape index (κ3) is 3.16. The van der Waals surface area contributed by atoms with E-state index in [-0.39, 0.29) is 5.92 Å². The number of carbonyl (C=O) groups excluding carboxylic acids is 1. The highest BCUT2D eigenvalue weighted by Gasteiger charge is 2.53. The molecule has 0 N–H and O–H groups in total. The van der Waals surface area contributed by atoms with Crippen molar-refractivity contribution >= 4 is 45.2 Å². The lowest BCUT2D eigenvalue weighted by Crippen LogP contribution is -2.52. The third-order valence-corrected chi connectivity index (χ3v) is 7.33. The van der Waals surface area contributed by atoms with Gasteiger partial charge in [-0.1, -0.05) is 20.4 Å². The first kappa shape index (κ1) is 14.3. The Bertz CT molecular complexity index is 237. The van der Waals surface area contributed by atoms with Crippen molar-refractivity contribution in [1.29, 1.82) is 0 Å². The molecule has 0 aliphatic rings. The highest BCUT2D eigenvalue weighted by atomic mass is 35.8. The van der Waals surface area contributed by atoms with Crippen molar-refractivity contribution in [3.8, 4) is 0 Å². The Kier molecular flexibility index (Phi) is 4.98. The van der Waals surface area contributed by atoms with Crippen molar-refractivity contribution in [3.05, 3.63) is 12.7 Å². The van der Waals surface area contributed by atoms with Crippen LogP contribution >= 0.6 is 33.2 Å². The minimum atomic E-state index is -3.13. The zero-order chi connectivity index (χ0) is 11.6. The molecule has 0 aromatic rings. The molecule has 0 bridgehead atoms. The maximum atomic E-state index is 11.1. The molecule has 1 unspecified atom stereocenters. The molecule has 0 saturated carbocycles. The highest BCUT2D eigenvalue weighted by Crippen LogP contribution is 2.40. The van der Waals surface area contributed by atoms with Crippen LogP contribution in [0.3, 0.4) is 0 Å². The summed E-state index contributed by atoms with van der Waals surface area (Å²) < 4.78 is 5.12. The molecule has 0 aliphatic carbocycles. The lowest BCUT2D eigenvalue weighted by Gasteiger charge is -2.36. The van der Waals surface area contributed by atoms with Gasteiger partial charge in [-0.25, -0.2) is 4.79 Å². The third-order valence-electron chi connectivity index (χ3n) is 2.14. The van der Waals surface area contributed by atoms with E-state index in [1.165, 1.54) is 0 Å². The van der Waals surface area contributed by atoms with Gasteiger partial charge in [0.1, 0.15) is 5.22 Å². The number of hydrogen-bond acceptors (Lipinski definition) is 2. The Morgan fingerprint density at radius 2 is 1.93 bits per heavy atom. The predicted octanol–water partition coefficient (Wildman–Crippen LogP) is 3.32. The Hall–Kier alpha value is 0.297. The Balaban J connectivity index is 4.92. The summed E-state index contributed by atoms with van der Waals surface area (Å²) in [6.07, 6.45) is 1.06. The van der Waals surface area contributed by atoms with Gasteiger partial charge in [0.25, 0.3) is 0 Å². The summed E-state index contributed by atoms with van der Waals surface area (Å²) >= 11 is 17.7. The summed E-state index contributed by atoms with van der Waals surface area (Å²) in [5, 5.41) is -1.02. The molecular formula is C8H13Cl3O2Si. The highest BCUT2D eigenvalue weighted by molar-refractivity contribution is 7.65. The maximum Gasteiger partial charge on any atom is 0.384 e. The number of hydrogen-bond donors (Lipinski definition) is 0. The van der Waals surface area contributed by atoms with Crippen molar-refractivity contribution in [1.82, 2.24) is 0 Å². The van der Waals surface area contributed by atoms with Crippen LogP contribution in [0.1, 0.15) is 20.8 Å². The van der Waals surface area contributed by atoms with Gasteiger partial charge in [-0.3, -0.25) is 0 Å². The molecule has 14 heavy (non-hydrogen) atoms. The molecule has 0 aromatic heterocycles. The fourth-order valence-corrected chi connectivity index (χ4v) is 3.94. The molecule has 2 nitrogen and oxygen atoms in total. The molecule has 0 spiro atoms. The molecule has 0 aliphatic heterocycles. The minimum Gasteiger partial charge on any atom is -0.455 e. The zero-order valence-corrected chi connectivity index (χ0v) is 11.6. The van der Waals surface area contributed by atoms with Gasteiger partial charge in [-0.2, -0.15) is 0 Å². The average molecular weight is 276 g/mol. The molecule has 1 atom stereocenters. The molecule has 0 fully saturated rings. The van der Waals surface area contributed by atoms with E-state index in [4.69, 9.17) is 38.0 Å². The minimum absolute atomic E-state index is 0.0643. The summed E-state index contributed by atoms with van der Waals surface area (Å²) in [4.78, 5) is 11.1. The standard InChI is InChI=1S/C8H13Cl3O2Si/c1-5-7(12)13-8(4,6(2)3)14(9,10)11/h5-6H,1H2,2-4H3. The number of ether oxygens (including phenoxy) is 1. The van der Waals surface area contributed by atoms with Crippen LogP contribution in [0.4, 0.5) is 0 Å². The first-order chi connectivity index (χ1) is 6.15. The number of esters is 1. The molecular weight excluding hydrogens is 263 g/mol. The second-order valence-electron chi connectivity index (χ2n) is 3.38. The quantitative estimate of drug-likeness (QED) is 0.340. The van der Waals surface area contributed by atoms with Crippen molar-refractivity contribution in [2.24, 2.45) is 5.92 Å². The van der Waals surface area contributed by atoms with Gasteiger partial charge in [0.2, 0.25) is 0 Å². The Morgan fingerprint density at radius 1 is 1.50 bits per heavy atom. The molecule has 6 heteroatoms. The van der Waals surface area contributed by atoms with Crippen LogP contribution in [-0.4, -0.2) is 17.2 Å². The van der Waals surface area contributed by atoms with Crippen LogP contribution in [-0.2, 0) is 9.53 Å². The first-order valence-electron chi connectivity index (χ1n) is 4.07. The van der Waals surface area contributed by atoms with E-state index < -0.39 is 17.2 Å². The first-order valence-corrected chi connectivity index (χ1v) is 9.11. The fraction of sp³-hybridized carbons (Fsp3) is 0.625. The summed E-state index contributed by atoms with van der Waals surface area (Å²) in [6, 6.07) is -3.13. The topological polar surface area (TPSA) is 26.3 Å². The van der Waals surface area contributed by atoms with E-state index in [9.17, 15) is 4.79 Å². The molecule has 82 valence electrons. The monoisotopic (exact) mass is 274 g/mol. The Morgan fingerprint density at radius 3 is 2.14 bits per heavy atom. The average Bonchev–Trinajstić information content (AvgIpc) is 2.01. The molecule has 0 aromatic carbocycles. The molecule has 0 saturated heterocycles. The second-order valence-corrected chi connectivity index (χ2v) is 12.2. The van der Waals surface area contributed by atoms with E-state index in [0.29, 0.717) is 0 Å². The lowest BCUT2D eigenvalue weighted by atomic mass is 10.1. The lowest BCUT2D eigenvalue weighted by molar-refractivity contribution is -0.148. The summed E-state index contributed by atoms with van der Waals surface area (Å²) in [7, 11) is 0. The van der Waals surface area contributed by atoms with Crippen LogP contribution in [0, 0.1) is 5.92 Å². The van der Waals surface area contributed by atoms with Crippen LogP contribution in [0.25, 0.3) is 0 Å². The maximum absolute atomic E-state index is 11.1. The summed E-state index contributed by atoms with van der Waals surface area (Å²) in [6.45, 7) is 8.61. The van der Waals surface area contributed by atoms with Crippen molar-refractivity contribution in [2.45, 2.75) is 26.0 Å². The largest absolute Gasteiger partial charge is 0.455 e. The summed E-state index contributed by atoms with van der Waals surface area (Å²) in [5.41, 5.74) is 0. The number of halogens is 3. The number of rotatable bonds is 4. The number of carbonyl (C=O) groups is 1. The summed E-state index contributed by atoms with van der Waals surface area (Å²) in [5.74, 6) is -0.634. The van der Waals surface area contributed by atoms with E-state index in [1.807, 2.05) is 13.8 Å². The van der Waals surface area contributed by atoms with Gasteiger partial charge in [-0.15, -0.1) is 33.2 Å². The SMILES string of the molecule is C=CC(=O)OC(C)(C(C)C)[Si](Cl)(Cl)Cl. The molecule has 0 radical (unpaired) electrons. The van der Waals surface area contributed by atoms with E-state index >= 15 is 0 Å². The molecule has 0 rings (SSSR count). The smallest absolute Gasteiger partial charge is 0.384 e. The van der Waals surface area contributed by atoms with Gasteiger partial charge < -0.3 is 4.74 Å². The van der Waals surface area contributed by atoms with Gasteiger partial charge in [0.15, 0.2) is 0 Å². The van der Waals surface area contributed by atoms with Crippen LogP contribution in [0.5, 0.6) is 0 Å². The van der Waals surface area contributed by atoms with Crippen LogP contribution in [0.2, 0.25) is 0 Å². The van der Waals surface area contributed by atoms with E-state index in [0.717, 1.165) is 6.08 Å². The van der Waals surface area contributed by atoms with Crippen molar-refractivity contribution in [3.63, 3.8) is 0 Å². The van der Waals surface area contributed by atoms with Crippen molar-refractivity contribution < 1.29 is 9.53 Å². The Labute approximate surface area is 99.3 Å². The van der Waals surface area contributed by atoms with Gasteiger partial charge >= 0.3 is 12.0 Å². The van der Waals surface area contributed by atoms with Gasteiger partial charge in [0.05, 0.1) is 0 Å².